The number of carbonyl (C=O) groups is 2. The number of carboxylic acids is 1. The summed E-state index contributed by atoms with van der Waals surface area (Å²) in [5, 5.41) is 11.4. The quantitative estimate of drug-likeness (QED) is 0.570. The smallest absolute Gasteiger partial charge is 0.326 e. The molecule has 0 radical (unpaired) electrons. The topological polar surface area (TPSA) is 75.6 Å². The summed E-state index contributed by atoms with van der Waals surface area (Å²) < 4.78 is 5.16. The summed E-state index contributed by atoms with van der Waals surface area (Å²) in [6.07, 6.45) is 0.937. The molecule has 1 spiro atoms. The molecule has 2 unspecified atom stereocenters. The molecule has 1 amide bonds. The summed E-state index contributed by atoms with van der Waals surface area (Å²) >= 11 is 0. The lowest BCUT2D eigenvalue weighted by molar-refractivity contribution is -0.142. The van der Waals surface area contributed by atoms with Crippen LogP contribution in [0.1, 0.15) is 12.8 Å². The summed E-state index contributed by atoms with van der Waals surface area (Å²) in [7, 11) is 0. The maximum absolute atomic E-state index is 11.1. The molecule has 0 aliphatic carbocycles. The van der Waals surface area contributed by atoms with E-state index < -0.39 is 17.4 Å². The van der Waals surface area contributed by atoms with Crippen molar-refractivity contribution < 1.29 is 19.4 Å². The van der Waals surface area contributed by atoms with Crippen molar-refractivity contribution >= 4 is 11.9 Å². The lowest BCUT2D eigenvalue weighted by atomic mass is 9.80. The molecule has 0 aromatic carbocycles. The van der Waals surface area contributed by atoms with Crippen molar-refractivity contribution in [3.63, 3.8) is 0 Å². The second-order valence-electron chi connectivity index (χ2n) is 3.68. The van der Waals surface area contributed by atoms with Gasteiger partial charge in [0.1, 0.15) is 6.04 Å². The van der Waals surface area contributed by atoms with E-state index in [2.05, 4.69) is 5.32 Å². The van der Waals surface area contributed by atoms with E-state index in [1.807, 2.05) is 0 Å². The van der Waals surface area contributed by atoms with Gasteiger partial charge in [0.15, 0.2) is 0 Å². The Hall–Kier alpha value is -1.10. The fraction of sp³-hybridized carbons (Fsp3) is 0.750. The molecule has 0 aromatic heterocycles. The Balaban J connectivity index is 2.25. The molecule has 2 aliphatic heterocycles. The lowest BCUT2D eigenvalue weighted by Crippen LogP contribution is -2.44. The fourth-order valence-electron chi connectivity index (χ4n) is 2.10. The molecule has 0 aromatic rings. The molecule has 2 saturated heterocycles. The molecule has 2 aliphatic rings. The SMILES string of the molecule is O=C1CC2(CCOC2)C(C(=O)O)N1. The van der Waals surface area contributed by atoms with Crippen LogP contribution in [-0.2, 0) is 14.3 Å². The fourth-order valence-corrected chi connectivity index (χ4v) is 2.10. The highest BCUT2D eigenvalue weighted by Gasteiger charge is 2.52. The molecule has 0 bridgehead atoms. The molecule has 2 N–H and O–H groups in total. The minimum absolute atomic E-state index is 0.182. The number of amides is 1. The van der Waals surface area contributed by atoms with Gasteiger partial charge >= 0.3 is 5.97 Å². The number of nitrogens with one attached hydrogen (secondary N) is 1. The highest BCUT2D eigenvalue weighted by Crippen LogP contribution is 2.39. The van der Waals surface area contributed by atoms with Crippen LogP contribution >= 0.6 is 0 Å². The van der Waals surface area contributed by atoms with Gasteiger partial charge in [0.05, 0.1) is 6.61 Å². The number of hydrogen-bond acceptors (Lipinski definition) is 3. The van der Waals surface area contributed by atoms with Crippen LogP contribution in [0.5, 0.6) is 0 Å². The predicted molar refractivity (Wildman–Crippen MR) is 42.1 cm³/mol. The van der Waals surface area contributed by atoms with Gasteiger partial charge in [-0.15, -0.1) is 0 Å². The van der Waals surface area contributed by atoms with Crippen LogP contribution in [0, 0.1) is 5.41 Å². The number of ether oxygens (including phenoxy) is 1. The zero-order valence-electron chi connectivity index (χ0n) is 7.08. The van der Waals surface area contributed by atoms with Crippen molar-refractivity contribution in [2.75, 3.05) is 13.2 Å². The number of hydrogen-bond donors (Lipinski definition) is 2. The van der Waals surface area contributed by atoms with Gasteiger partial charge in [-0.3, -0.25) is 4.79 Å². The summed E-state index contributed by atoms with van der Waals surface area (Å²) in [6, 6.07) is -0.762. The third-order valence-corrected chi connectivity index (χ3v) is 2.81. The van der Waals surface area contributed by atoms with Gasteiger partial charge in [0.2, 0.25) is 5.91 Å². The van der Waals surface area contributed by atoms with Crippen LogP contribution in [0.2, 0.25) is 0 Å². The first kappa shape index (κ1) is 8.50. The first-order valence-corrected chi connectivity index (χ1v) is 4.24. The second kappa shape index (κ2) is 2.70. The maximum atomic E-state index is 11.1. The van der Waals surface area contributed by atoms with Crippen LogP contribution in [0.4, 0.5) is 0 Å². The first-order valence-electron chi connectivity index (χ1n) is 4.24. The van der Waals surface area contributed by atoms with Gasteiger partial charge in [-0.1, -0.05) is 0 Å². The Bertz CT molecular complexity index is 257. The van der Waals surface area contributed by atoms with Gasteiger partial charge in [0.25, 0.3) is 0 Å². The number of rotatable bonds is 1. The van der Waals surface area contributed by atoms with Gasteiger partial charge in [-0.05, 0) is 6.42 Å². The summed E-state index contributed by atoms with van der Waals surface area (Å²) in [5.74, 6) is -1.14. The van der Waals surface area contributed by atoms with E-state index in [1.165, 1.54) is 0 Å². The van der Waals surface area contributed by atoms with E-state index in [-0.39, 0.29) is 12.3 Å². The monoisotopic (exact) mass is 185 g/mol. The summed E-state index contributed by atoms with van der Waals surface area (Å²) in [5.41, 5.74) is -0.483. The van der Waals surface area contributed by atoms with Crippen molar-refractivity contribution in [1.82, 2.24) is 5.32 Å². The Labute approximate surface area is 75.1 Å². The number of carbonyl (C=O) groups excluding carboxylic acids is 1. The summed E-state index contributed by atoms with van der Waals surface area (Å²) in [6.45, 7) is 0.932. The Morgan fingerprint density at radius 1 is 1.69 bits per heavy atom. The zero-order valence-corrected chi connectivity index (χ0v) is 7.08. The van der Waals surface area contributed by atoms with Crippen molar-refractivity contribution in [2.24, 2.45) is 5.41 Å². The second-order valence-corrected chi connectivity index (χ2v) is 3.68. The van der Waals surface area contributed by atoms with E-state index in [0.717, 1.165) is 0 Å². The van der Waals surface area contributed by atoms with E-state index in [9.17, 15) is 9.59 Å². The number of carboxylic acid groups (broad SMARTS) is 1. The van der Waals surface area contributed by atoms with E-state index in [0.29, 0.717) is 19.6 Å². The summed E-state index contributed by atoms with van der Waals surface area (Å²) in [4.78, 5) is 21.9. The third-order valence-electron chi connectivity index (χ3n) is 2.81. The van der Waals surface area contributed by atoms with Crippen molar-refractivity contribution in [1.29, 1.82) is 0 Å². The molecule has 13 heavy (non-hydrogen) atoms. The normalized spacial score (nSPS) is 38.2. The highest BCUT2D eigenvalue weighted by molar-refractivity contribution is 5.89. The average Bonchev–Trinajstić information content (AvgIpc) is 2.60. The molecule has 2 fully saturated rings. The molecule has 0 saturated carbocycles. The third kappa shape index (κ3) is 1.19. The van der Waals surface area contributed by atoms with Crippen LogP contribution in [-0.4, -0.2) is 36.2 Å². The van der Waals surface area contributed by atoms with Crippen molar-refractivity contribution in [3.8, 4) is 0 Å². The first-order chi connectivity index (χ1) is 6.14. The highest BCUT2D eigenvalue weighted by atomic mass is 16.5. The molecular formula is C8H11NO4. The Morgan fingerprint density at radius 3 is 3.00 bits per heavy atom. The largest absolute Gasteiger partial charge is 0.480 e. The van der Waals surface area contributed by atoms with Gasteiger partial charge < -0.3 is 15.2 Å². The minimum atomic E-state index is -0.962. The Morgan fingerprint density at radius 2 is 2.46 bits per heavy atom. The number of aliphatic carboxylic acids is 1. The molecule has 72 valence electrons. The maximum Gasteiger partial charge on any atom is 0.326 e. The molecular weight excluding hydrogens is 174 g/mol. The van der Waals surface area contributed by atoms with Gasteiger partial charge in [0, 0.05) is 18.4 Å². The molecule has 5 heteroatoms. The van der Waals surface area contributed by atoms with Crippen LogP contribution in [0.25, 0.3) is 0 Å². The lowest BCUT2D eigenvalue weighted by Gasteiger charge is -2.23. The molecule has 2 rings (SSSR count). The standard InChI is InChI=1S/C8H11NO4/c10-5-3-8(1-2-13-4-8)6(9-5)7(11)12/h6H,1-4H2,(H,9,10)(H,11,12). The minimum Gasteiger partial charge on any atom is -0.480 e. The average molecular weight is 185 g/mol. The predicted octanol–water partition coefficient (Wildman–Crippen LogP) is -0.634. The Kier molecular flexibility index (Phi) is 1.76. The van der Waals surface area contributed by atoms with E-state index in [1.54, 1.807) is 0 Å². The van der Waals surface area contributed by atoms with E-state index in [4.69, 9.17) is 9.84 Å². The van der Waals surface area contributed by atoms with Crippen molar-refractivity contribution in [3.05, 3.63) is 0 Å². The van der Waals surface area contributed by atoms with E-state index >= 15 is 0 Å². The molecule has 5 nitrogen and oxygen atoms in total. The van der Waals surface area contributed by atoms with Crippen LogP contribution in [0.15, 0.2) is 0 Å². The van der Waals surface area contributed by atoms with Gasteiger partial charge in [-0.25, -0.2) is 4.79 Å². The van der Waals surface area contributed by atoms with Gasteiger partial charge in [-0.2, -0.15) is 0 Å². The van der Waals surface area contributed by atoms with Crippen LogP contribution < -0.4 is 5.32 Å². The van der Waals surface area contributed by atoms with Crippen LogP contribution in [0.3, 0.4) is 0 Å². The molecule has 2 heterocycles. The molecule has 2 atom stereocenters. The zero-order chi connectivity index (χ0) is 9.47. The van der Waals surface area contributed by atoms with Crippen molar-refractivity contribution in [2.45, 2.75) is 18.9 Å².